The van der Waals surface area contributed by atoms with Crippen molar-refractivity contribution < 1.29 is 13.9 Å². The molecule has 1 amide bonds. The lowest BCUT2D eigenvalue weighted by molar-refractivity contribution is 0.0919. The Bertz CT molecular complexity index is 924. The number of benzene rings is 1. The van der Waals surface area contributed by atoms with E-state index in [1.807, 2.05) is 56.8 Å². The summed E-state index contributed by atoms with van der Waals surface area (Å²) in [4.78, 5) is 12.3. The van der Waals surface area contributed by atoms with Crippen molar-refractivity contribution in [3.8, 4) is 5.75 Å². The van der Waals surface area contributed by atoms with Crippen LogP contribution >= 0.6 is 0 Å². The summed E-state index contributed by atoms with van der Waals surface area (Å²) in [6, 6.07) is 11.2. The summed E-state index contributed by atoms with van der Waals surface area (Å²) in [7, 11) is 1.89. The number of aromatic nitrogens is 2. The maximum Gasteiger partial charge on any atom is 0.287 e. The van der Waals surface area contributed by atoms with E-state index in [1.54, 1.807) is 12.1 Å². The maximum atomic E-state index is 12.3. The molecule has 1 N–H and O–H groups in total. The summed E-state index contributed by atoms with van der Waals surface area (Å²) in [5, 5.41) is 7.23. The standard InChI is InChI=1S/C20H23N3O3/c1-13-7-5-6-8-18(13)25-12-16-9-10-19(26-16)20(24)21-11-17-14(2)22-23(4)15(17)3/h5-10H,11-12H2,1-4H3,(H,21,24). The van der Waals surface area contributed by atoms with Crippen LogP contribution in [0.1, 0.15) is 38.8 Å². The van der Waals surface area contributed by atoms with E-state index in [9.17, 15) is 4.79 Å². The largest absolute Gasteiger partial charge is 0.485 e. The third kappa shape index (κ3) is 3.79. The minimum atomic E-state index is -0.255. The second-order valence-corrected chi connectivity index (χ2v) is 6.28. The fourth-order valence-corrected chi connectivity index (χ4v) is 2.77. The van der Waals surface area contributed by atoms with E-state index < -0.39 is 0 Å². The van der Waals surface area contributed by atoms with Crippen LogP contribution in [0.3, 0.4) is 0 Å². The number of hydrogen-bond acceptors (Lipinski definition) is 4. The number of nitrogens with zero attached hydrogens (tertiary/aromatic N) is 2. The summed E-state index contributed by atoms with van der Waals surface area (Å²) in [5.74, 6) is 1.42. The zero-order chi connectivity index (χ0) is 18.7. The van der Waals surface area contributed by atoms with Gasteiger partial charge < -0.3 is 14.5 Å². The summed E-state index contributed by atoms with van der Waals surface area (Å²) in [6.45, 7) is 6.59. The molecule has 3 aromatic rings. The zero-order valence-corrected chi connectivity index (χ0v) is 15.5. The molecule has 26 heavy (non-hydrogen) atoms. The number of para-hydroxylation sites is 1. The first-order chi connectivity index (χ1) is 12.5. The van der Waals surface area contributed by atoms with Crippen LogP contribution < -0.4 is 10.1 Å². The summed E-state index contributed by atoms with van der Waals surface area (Å²) in [5.41, 5.74) is 4.03. The van der Waals surface area contributed by atoms with Gasteiger partial charge >= 0.3 is 0 Å². The van der Waals surface area contributed by atoms with Gasteiger partial charge in [0.2, 0.25) is 0 Å². The Morgan fingerprint density at radius 1 is 1.19 bits per heavy atom. The van der Waals surface area contributed by atoms with E-state index in [0.29, 0.717) is 12.3 Å². The van der Waals surface area contributed by atoms with Gasteiger partial charge in [0.15, 0.2) is 5.76 Å². The molecule has 2 aromatic heterocycles. The first kappa shape index (κ1) is 17.8. The molecular formula is C20H23N3O3. The van der Waals surface area contributed by atoms with Crippen molar-refractivity contribution in [2.24, 2.45) is 7.05 Å². The quantitative estimate of drug-likeness (QED) is 0.737. The average molecular weight is 353 g/mol. The van der Waals surface area contributed by atoms with E-state index in [0.717, 1.165) is 28.3 Å². The SMILES string of the molecule is Cc1ccccc1OCc1ccc(C(=O)NCc2c(C)nn(C)c2C)o1. The molecule has 136 valence electrons. The Hall–Kier alpha value is -3.02. The molecular weight excluding hydrogens is 330 g/mol. The number of hydrogen-bond donors (Lipinski definition) is 1. The highest BCUT2D eigenvalue weighted by molar-refractivity contribution is 5.91. The lowest BCUT2D eigenvalue weighted by atomic mass is 10.2. The smallest absolute Gasteiger partial charge is 0.287 e. The number of amides is 1. The molecule has 0 spiro atoms. The van der Waals surface area contributed by atoms with Gasteiger partial charge in [-0.3, -0.25) is 9.48 Å². The van der Waals surface area contributed by atoms with Crippen LogP contribution in [0.5, 0.6) is 5.75 Å². The lowest BCUT2D eigenvalue weighted by Crippen LogP contribution is -2.23. The molecule has 0 aliphatic rings. The molecule has 0 fully saturated rings. The van der Waals surface area contributed by atoms with Gasteiger partial charge in [0.05, 0.1) is 5.69 Å². The predicted octanol–water partition coefficient (Wildman–Crippen LogP) is 3.45. The summed E-state index contributed by atoms with van der Waals surface area (Å²) >= 11 is 0. The molecule has 0 radical (unpaired) electrons. The molecule has 0 saturated carbocycles. The van der Waals surface area contributed by atoms with E-state index in [2.05, 4.69) is 10.4 Å². The van der Waals surface area contributed by atoms with E-state index in [1.165, 1.54) is 0 Å². The third-order valence-electron chi connectivity index (χ3n) is 4.43. The molecule has 0 aliphatic carbocycles. The average Bonchev–Trinajstić information content (AvgIpc) is 3.18. The van der Waals surface area contributed by atoms with E-state index >= 15 is 0 Å². The molecule has 6 nitrogen and oxygen atoms in total. The normalized spacial score (nSPS) is 10.8. The van der Waals surface area contributed by atoms with Crippen LogP contribution in [0, 0.1) is 20.8 Å². The topological polar surface area (TPSA) is 69.3 Å². The van der Waals surface area contributed by atoms with Crippen molar-refractivity contribution in [2.75, 3.05) is 0 Å². The van der Waals surface area contributed by atoms with Crippen LogP contribution in [-0.2, 0) is 20.2 Å². The fraction of sp³-hybridized carbons (Fsp3) is 0.300. The number of carbonyl (C=O) groups is 1. The van der Waals surface area contributed by atoms with Gasteiger partial charge in [-0.15, -0.1) is 0 Å². The number of carbonyl (C=O) groups excluding carboxylic acids is 1. The molecule has 1 aromatic carbocycles. The van der Waals surface area contributed by atoms with Crippen molar-refractivity contribution in [3.63, 3.8) is 0 Å². The van der Waals surface area contributed by atoms with Crippen LogP contribution in [0.25, 0.3) is 0 Å². The Kier molecular flexibility index (Phi) is 5.11. The minimum Gasteiger partial charge on any atom is -0.485 e. The van der Waals surface area contributed by atoms with Crippen molar-refractivity contribution in [1.82, 2.24) is 15.1 Å². The van der Waals surface area contributed by atoms with Crippen LogP contribution in [0.2, 0.25) is 0 Å². The second kappa shape index (κ2) is 7.47. The highest BCUT2D eigenvalue weighted by Gasteiger charge is 2.14. The second-order valence-electron chi connectivity index (χ2n) is 6.28. The Morgan fingerprint density at radius 3 is 2.65 bits per heavy atom. The van der Waals surface area contributed by atoms with E-state index in [4.69, 9.17) is 9.15 Å². The Morgan fingerprint density at radius 2 is 1.96 bits per heavy atom. The van der Waals surface area contributed by atoms with Gasteiger partial charge in [-0.25, -0.2) is 0 Å². The van der Waals surface area contributed by atoms with Gasteiger partial charge in [0, 0.05) is 24.8 Å². The number of nitrogens with one attached hydrogen (secondary N) is 1. The Labute approximate surface area is 152 Å². The van der Waals surface area contributed by atoms with Gasteiger partial charge in [-0.1, -0.05) is 18.2 Å². The van der Waals surface area contributed by atoms with Gasteiger partial charge in [0.25, 0.3) is 5.91 Å². The molecule has 3 rings (SSSR count). The molecule has 0 atom stereocenters. The third-order valence-corrected chi connectivity index (χ3v) is 4.43. The lowest BCUT2D eigenvalue weighted by Gasteiger charge is -2.07. The predicted molar refractivity (Wildman–Crippen MR) is 98.1 cm³/mol. The monoisotopic (exact) mass is 353 g/mol. The molecule has 2 heterocycles. The molecule has 0 unspecified atom stereocenters. The van der Waals surface area contributed by atoms with Gasteiger partial charge in [-0.05, 0) is 44.5 Å². The highest BCUT2D eigenvalue weighted by Crippen LogP contribution is 2.19. The number of aryl methyl sites for hydroxylation is 3. The molecule has 0 bridgehead atoms. The van der Waals surface area contributed by atoms with Crippen molar-refractivity contribution in [1.29, 1.82) is 0 Å². The van der Waals surface area contributed by atoms with Crippen molar-refractivity contribution in [3.05, 3.63) is 70.4 Å². The van der Waals surface area contributed by atoms with Crippen LogP contribution in [-0.4, -0.2) is 15.7 Å². The van der Waals surface area contributed by atoms with E-state index in [-0.39, 0.29) is 18.3 Å². The highest BCUT2D eigenvalue weighted by atomic mass is 16.5. The zero-order valence-electron chi connectivity index (χ0n) is 15.5. The Balaban J connectivity index is 1.58. The van der Waals surface area contributed by atoms with Gasteiger partial charge in [0.1, 0.15) is 18.1 Å². The molecule has 6 heteroatoms. The minimum absolute atomic E-state index is 0.255. The van der Waals surface area contributed by atoms with Crippen molar-refractivity contribution in [2.45, 2.75) is 33.9 Å². The van der Waals surface area contributed by atoms with Crippen LogP contribution in [0.4, 0.5) is 0 Å². The van der Waals surface area contributed by atoms with Crippen LogP contribution in [0.15, 0.2) is 40.8 Å². The maximum absolute atomic E-state index is 12.3. The van der Waals surface area contributed by atoms with Crippen molar-refractivity contribution >= 4 is 5.91 Å². The molecule has 0 saturated heterocycles. The van der Waals surface area contributed by atoms with Gasteiger partial charge in [-0.2, -0.15) is 5.10 Å². The number of furan rings is 1. The molecule has 0 aliphatic heterocycles. The first-order valence-electron chi connectivity index (χ1n) is 8.50. The summed E-state index contributed by atoms with van der Waals surface area (Å²) < 4.78 is 13.2. The number of ether oxygens (including phenoxy) is 1. The summed E-state index contributed by atoms with van der Waals surface area (Å²) in [6.07, 6.45) is 0. The fourth-order valence-electron chi connectivity index (χ4n) is 2.77. The first-order valence-corrected chi connectivity index (χ1v) is 8.50. The number of rotatable bonds is 6.